The van der Waals surface area contributed by atoms with Gasteiger partial charge in [-0.05, 0) is 6.42 Å². The summed E-state index contributed by atoms with van der Waals surface area (Å²) in [6.07, 6.45) is -6.13. The number of halogens is 4. The van der Waals surface area contributed by atoms with Crippen molar-refractivity contribution in [1.82, 2.24) is 4.90 Å². The zero-order valence-electron chi connectivity index (χ0n) is 8.09. The lowest BCUT2D eigenvalue weighted by Gasteiger charge is -2.15. The van der Waals surface area contributed by atoms with Crippen LogP contribution < -0.4 is 0 Å². The van der Waals surface area contributed by atoms with E-state index in [2.05, 4.69) is 4.74 Å². The second kappa shape index (κ2) is 4.67. The predicted molar refractivity (Wildman–Crippen MR) is 43.1 cm³/mol. The Morgan fingerprint density at radius 3 is 2.44 bits per heavy atom. The first-order chi connectivity index (χ1) is 7.30. The quantitative estimate of drug-likeness (QED) is 0.528. The number of nitrogens with zero attached hydrogens (tertiary/aromatic N) is 1. The monoisotopic (exact) mass is 243 g/mol. The second-order valence-corrected chi connectivity index (χ2v) is 3.30. The van der Waals surface area contributed by atoms with Gasteiger partial charge in [0.25, 0.3) is 5.91 Å². The van der Waals surface area contributed by atoms with Gasteiger partial charge in [-0.15, -0.1) is 0 Å². The number of hydrogen-bond acceptors (Lipinski definition) is 3. The first-order valence-corrected chi connectivity index (χ1v) is 4.46. The molecule has 0 saturated carbocycles. The van der Waals surface area contributed by atoms with Crippen LogP contribution in [0.5, 0.6) is 0 Å². The largest absolute Gasteiger partial charge is 0.490 e. The van der Waals surface area contributed by atoms with Crippen LogP contribution in [0.4, 0.5) is 17.6 Å². The molecule has 1 aliphatic rings. The molecule has 1 heterocycles. The third kappa shape index (κ3) is 3.35. The molecule has 0 aromatic rings. The maximum Gasteiger partial charge on any atom is 0.490 e. The number of hydrogen-bond donors (Lipinski definition) is 0. The summed E-state index contributed by atoms with van der Waals surface area (Å²) in [4.78, 5) is 22.4. The first-order valence-electron chi connectivity index (χ1n) is 4.46. The highest BCUT2D eigenvalue weighted by Crippen LogP contribution is 2.17. The van der Waals surface area contributed by atoms with Gasteiger partial charge < -0.3 is 9.64 Å². The highest BCUT2D eigenvalue weighted by molar-refractivity contribution is 5.82. The average molecular weight is 243 g/mol. The lowest BCUT2D eigenvalue weighted by Crippen LogP contribution is -2.35. The molecule has 0 aromatic heterocycles. The van der Waals surface area contributed by atoms with Crippen LogP contribution in [0.15, 0.2) is 0 Å². The molecule has 16 heavy (non-hydrogen) atoms. The molecule has 0 aliphatic carbocycles. The van der Waals surface area contributed by atoms with Crippen molar-refractivity contribution in [2.45, 2.75) is 18.8 Å². The molecule has 0 radical (unpaired) electrons. The van der Waals surface area contributed by atoms with Crippen molar-refractivity contribution in [2.75, 3.05) is 19.7 Å². The minimum absolute atomic E-state index is 0.129. The molecule has 1 fully saturated rings. The van der Waals surface area contributed by atoms with E-state index >= 15 is 0 Å². The van der Waals surface area contributed by atoms with Crippen molar-refractivity contribution in [1.29, 1.82) is 0 Å². The lowest BCUT2D eigenvalue weighted by molar-refractivity contribution is -0.200. The third-order valence-electron chi connectivity index (χ3n) is 2.04. The summed E-state index contributed by atoms with van der Waals surface area (Å²) in [6, 6.07) is 0. The topological polar surface area (TPSA) is 46.6 Å². The van der Waals surface area contributed by atoms with Crippen LogP contribution >= 0.6 is 0 Å². The molecule has 92 valence electrons. The average Bonchev–Trinajstić information content (AvgIpc) is 2.59. The number of likely N-dealkylation sites (tertiary alicyclic amines) is 1. The van der Waals surface area contributed by atoms with Crippen molar-refractivity contribution >= 4 is 11.9 Å². The van der Waals surface area contributed by atoms with Crippen molar-refractivity contribution in [2.24, 2.45) is 0 Å². The van der Waals surface area contributed by atoms with E-state index in [1.54, 1.807) is 0 Å². The van der Waals surface area contributed by atoms with Gasteiger partial charge in [-0.2, -0.15) is 13.2 Å². The van der Waals surface area contributed by atoms with E-state index in [0.29, 0.717) is 0 Å². The van der Waals surface area contributed by atoms with E-state index in [-0.39, 0.29) is 19.5 Å². The van der Waals surface area contributed by atoms with Gasteiger partial charge in [0.2, 0.25) is 0 Å². The van der Waals surface area contributed by atoms with Crippen molar-refractivity contribution in [3.05, 3.63) is 0 Å². The fourth-order valence-electron chi connectivity index (χ4n) is 1.24. The summed E-state index contributed by atoms with van der Waals surface area (Å²) in [5.74, 6) is -3.24. The number of ether oxygens (including phenoxy) is 1. The van der Waals surface area contributed by atoms with Crippen LogP contribution in [-0.4, -0.2) is 48.8 Å². The molecule has 1 aliphatic heterocycles. The standard InChI is InChI=1S/C8H9F4NO3/c9-5-1-2-13(3-5)6(14)4-16-7(15)8(10,11)12/h5H,1-4H2/t5-/m1/s1. The molecule has 4 nitrogen and oxygen atoms in total. The van der Waals surface area contributed by atoms with Gasteiger partial charge in [-0.1, -0.05) is 0 Å². The number of esters is 1. The summed E-state index contributed by atoms with van der Waals surface area (Å²) in [7, 11) is 0. The molecule has 1 amide bonds. The fourth-order valence-corrected chi connectivity index (χ4v) is 1.24. The number of carbonyl (C=O) groups is 2. The summed E-state index contributed by atoms with van der Waals surface area (Å²) in [5.41, 5.74) is 0. The Morgan fingerprint density at radius 2 is 2.00 bits per heavy atom. The van der Waals surface area contributed by atoms with Crippen LogP contribution in [-0.2, 0) is 14.3 Å². The van der Waals surface area contributed by atoms with Crippen molar-refractivity contribution < 1.29 is 31.9 Å². The number of rotatable bonds is 2. The van der Waals surface area contributed by atoms with E-state index < -0.39 is 30.8 Å². The number of carbonyl (C=O) groups excluding carboxylic acids is 2. The van der Waals surface area contributed by atoms with Gasteiger partial charge in [0, 0.05) is 6.54 Å². The molecule has 0 unspecified atom stereocenters. The first kappa shape index (κ1) is 12.7. The fraction of sp³-hybridized carbons (Fsp3) is 0.750. The molecule has 1 atom stereocenters. The van der Waals surface area contributed by atoms with Gasteiger partial charge in [0.05, 0.1) is 6.54 Å². The Labute approximate surface area is 88.1 Å². The van der Waals surface area contributed by atoms with Crippen LogP contribution in [0, 0.1) is 0 Å². The maximum absolute atomic E-state index is 12.6. The highest BCUT2D eigenvalue weighted by atomic mass is 19.4. The molecule has 0 N–H and O–H groups in total. The summed E-state index contributed by atoms with van der Waals surface area (Å²) in [6.45, 7) is -1.04. The third-order valence-corrected chi connectivity index (χ3v) is 2.04. The van der Waals surface area contributed by atoms with Crippen LogP contribution in [0.25, 0.3) is 0 Å². The van der Waals surface area contributed by atoms with Gasteiger partial charge in [0.1, 0.15) is 6.17 Å². The molecular formula is C8H9F4NO3. The van der Waals surface area contributed by atoms with E-state index in [9.17, 15) is 27.2 Å². The van der Waals surface area contributed by atoms with Crippen molar-refractivity contribution in [3.63, 3.8) is 0 Å². The Kier molecular flexibility index (Phi) is 3.71. The summed E-state index contributed by atoms with van der Waals surface area (Å²) >= 11 is 0. The second-order valence-electron chi connectivity index (χ2n) is 3.30. The van der Waals surface area contributed by atoms with Gasteiger partial charge >= 0.3 is 12.1 Å². The van der Waals surface area contributed by atoms with Gasteiger partial charge in [0.15, 0.2) is 6.61 Å². The number of amides is 1. The van der Waals surface area contributed by atoms with E-state index in [4.69, 9.17) is 0 Å². The normalized spacial score (nSPS) is 21.0. The Hall–Kier alpha value is -1.34. The zero-order valence-corrected chi connectivity index (χ0v) is 8.09. The van der Waals surface area contributed by atoms with Gasteiger partial charge in [-0.3, -0.25) is 4.79 Å². The van der Waals surface area contributed by atoms with Crippen molar-refractivity contribution in [3.8, 4) is 0 Å². The molecule has 8 heteroatoms. The maximum atomic E-state index is 12.6. The lowest BCUT2D eigenvalue weighted by atomic mass is 10.3. The zero-order chi connectivity index (χ0) is 12.3. The predicted octanol–water partition coefficient (Wildman–Crippen LogP) is 0.662. The summed E-state index contributed by atoms with van der Waals surface area (Å²) < 4.78 is 51.4. The minimum atomic E-state index is -5.12. The SMILES string of the molecule is O=C(COC(=O)C(F)(F)F)N1CC[C@@H](F)C1. The Bertz CT molecular complexity index is 291. The van der Waals surface area contributed by atoms with E-state index in [1.807, 2.05) is 0 Å². The van der Waals surface area contributed by atoms with Crippen LogP contribution in [0.3, 0.4) is 0 Å². The Balaban J connectivity index is 2.33. The molecule has 0 bridgehead atoms. The molecule has 1 saturated heterocycles. The van der Waals surface area contributed by atoms with E-state index in [0.717, 1.165) is 4.90 Å². The minimum Gasteiger partial charge on any atom is -0.449 e. The Morgan fingerprint density at radius 1 is 1.38 bits per heavy atom. The smallest absolute Gasteiger partial charge is 0.449 e. The molecular weight excluding hydrogens is 234 g/mol. The van der Waals surface area contributed by atoms with Gasteiger partial charge in [-0.25, -0.2) is 9.18 Å². The number of alkyl halides is 4. The molecule has 0 spiro atoms. The van der Waals surface area contributed by atoms with Crippen LogP contribution in [0.1, 0.15) is 6.42 Å². The summed E-state index contributed by atoms with van der Waals surface area (Å²) in [5, 5.41) is 0. The highest BCUT2D eigenvalue weighted by Gasteiger charge is 2.41. The van der Waals surface area contributed by atoms with E-state index in [1.165, 1.54) is 0 Å². The van der Waals surface area contributed by atoms with Crippen LogP contribution in [0.2, 0.25) is 0 Å². The molecule has 0 aromatic carbocycles. The molecule has 1 rings (SSSR count).